The monoisotopic (exact) mass is 375 g/mol. The first kappa shape index (κ1) is 19.0. The van der Waals surface area contributed by atoms with E-state index in [0.717, 1.165) is 5.69 Å². The molecule has 146 valence electrons. The highest BCUT2D eigenvalue weighted by atomic mass is 16.4. The maximum Gasteiger partial charge on any atom is 0.322 e. The van der Waals surface area contributed by atoms with Crippen molar-refractivity contribution >= 4 is 23.6 Å². The highest BCUT2D eigenvalue weighted by Crippen LogP contribution is 2.38. The van der Waals surface area contributed by atoms with Crippen molar-refractivity contribution in [1.29, 1.82) is 0 Å². The van der Waals surface area contributed by atoms with Crippen LogP contribution < -0.4 is 16.0 Å². The van der Waals surface area contributed by atoms with Gasteiger partial charge in [0.15, 0.2) is 0 Å². The molecule has 1 aromatic carbocycles. The molecule has 27 heavy (non-hydrogen) atoms. The minimum Gasteiger partial charge on any atom is -0.480 e. The third-order valence-electron chi connectivity index (χ3n) is 5.35. The van der Waals surface area contributed by atoms with E-state index < -0.39 is 17.6 Å². The number of nitrogens with one attached hydrogen (secondary N) is 1. The first-order valence-electron chi connectivity index (χ1n) is 8.94. The van der Waals surface area contributed by atoms with E-state index in [4.69, 9.17) is 10.8 Å². The van der Waals surface area contributed by atoms with Gasteiger partial charge in [0.05, 0.1) is 6.67 Å². The molecule has 3 amide bonds. The molecular formula is C18H25N5O4. The van der Waals surface area contributed by atoms with Gasteiger partial charge >= 0.3 is 12.0 Å². The fraction of sp³-hybridized carbons (Fsp3) is 0.500. The van der Waals surface area contributed by atoms with Crippen molar-refractivity contribution in [2.75, 3.05) is 38.3 Å². The van der Waals surface area contributed by atoms with Crippen molar-refractivity contribution in [2.24, 2.45) is 5.73 Å². The summed E-state index contributed by atoms with van der Waals surface area (Å²) in [6, 6.07) is 8.31. The predicted molar refractivity (Wildman–Crippen MR) is 99.1 cm³/mol. The molecule has 2 aliphatic heterocycles. The third kappa shape index (κ3) is 3.55. The molecule has 9 heteroatoms. The number of aliphatic carboxylic acids is 1. The first-order chi connectivity index (χ1) is 12.8. The second-order valence-electron chi connectivity index (χ2n) is 7.06. The number of para-hydroxylation sites is 1. The van der Waals surface area contributed by atoms with Crippen molar-refractivity contribution in [3.05, 3.63) is 30.3 Å². The Kier molecular flexibility index (Phi) is 5.22. The van der Waals surface area contributed by atoms with Crippen LogP contribution in [-0.2, 0) is 9.59 Å². The van der Waals surface area contributed by atoms with Gasteiger partial charge in [0, 0.05) is 32.4 Å². The van der Waals surface area contributed by atoms with Crippen LogP contribution in [0.15, 0.2) is 30.3 Å². The van der Waals surface area contributed by atoms with Gasteiger partial charge in [-0.05, 0) is 25.0 Å². The summed E-state index contributed by atoms with van der Waals surface area (Å²) in [4.78, 5) is 41.4. The van der Waals surface area contributed by atoms with Crippen LogP contribution in [0.4, 0.5) is 10.5 Å². The van der Waals surface area contributed by atoms with Gasteiger partial charge in [0.25, 0.3) is 0 Å². The molecule has 0 bridgehead atoms. The van der Waals surface area contributed by atoms with Gasteiger partial charge in [-0.3, -0.25) is 9.59 Å². The van der Waals surface area contributed by atoms with Crippen molar-refractivity contribution < 1.29 is 19.5 Å². The number of hydrogen-bond acceptors (Lipinski definition) is 5. The fourth-order valence-electron chi connectivity index (χ4n) is 3.78. The number of hydrogen-bond donors (Lipinski definition) is 3. The van der Waals surface area contributed by atoms with Crippen LogP contribution in [-0.4, -0.2) is 77.7 Å². The number of nitrogens with zero attached hydrogens (tertiary/aromatic N) is 3. The zero-order chi connectivity index (χ0) is 19.6. The Balaban J connectivity index is 1.67. The SMILES string of the molecule is CN1CN(c2ccccc2)C2(CCN(C(=O)NCC(N)C(=O)O)CC2)C1=O. The molecule has 1 atom stereocenters. The Hall–Kier alpha value is -2.81. The number of piperidine rings is 1. The van der Waals surface area contributed by atoms with Gasteiger partial charge in [0.2, 0.25) is 5.91 Å². The van der Waals surface area contributed by atoms with E-state index in [0.29, 0.717) is 32.6 Å². The van der Waals surface area contributed by atoms with Crippen LogP contribution in [0.1, 0.15) is 12.8 Å². The number of carboxylic acid groups (broad SMARTS) is 1. The van der Waals surface area contributed by atoms with Crippen LogP contribution in [0.25, 0.3) is 0 Å². The molecule has 1 aromatic rings. The second kappa shape index (κ2) is 7.43. The van der Waals surface area contributed by atoms with Gasteiger partial charge in [-0.2, -0.15) is 0 Å². The van der Waals surface area contributed by atoms with Crippen molar-refractivity contribution in [2.45, 2.75) is 24.4 Å². The lowest BCUT2D eigenvalue weighted by Crippen LogP contribution is -2.59. The standard InChI is InChI=1S/C18H25N5O4/c1-21-12-23(13-5-3-2-4-6-13)18(16(21)26)7-9-22(10-8-18)17(27)20-11-14(19)15(24)25/h2-6,14H,7-12,19H2,1H3,(H,20,27)(H,24,25). The molecule has 1 unspecified atom stereocenters. The molecule has 2 fully saturated rings. The zero-order valence-corrected chi connectivity index (χ0v) is 15.3. The van der Waals surface area contributed by atoms with E-state index >= 15 is 0 Å². The van der Waals surface area contributed by atoms with Gasteiger partial charge in [-0.15, -0.1) is 0 Å². The lowest BCUT2D eigenvalue weighted by molar-refractivity contribution is -0.138. The van der Waals surface area contributed by atoms with Crippen molar-refractivity contribution in [1.82, 2.24) is 15.1 Å². The van der Waals surface area contributed by atoms with Gasteiger partial charge in [-0.25, -0.2) is 4.79 Å². The molecule has 9 nitrogen and oxygen atoms in total. The summed E-state index contributed by atoms with van der Waals surface area (Å²) in [5.74, 6) is -1.09. The summed E-state index contributed by atoms with van der Waals surface area (Å²) in [5.41, 5.74) is 5.75. The number of benzene rings is 1. The fourth-order valence-corrected chi connectivity index (χ4v) is 3.78. The first-order valence-corrected chi connectivity index (χ1v) is 8.94. The number of amides is 3. The lowest BCUT2D eigenvalue weighted by atomic mass is 9.85. The topological polar surface area (TPSA) is 119 Å². The number of likely N-dealkylation sites (tertiary alicyclic amines) is 1. The quantitative estimate of drug-likeness (QED) is 0.675. The number of carboxylic acids is 1. The third-order valence-corrected chi connectivity index (χ3v) is 5.35. The molecule has 3 rings (SSSR count). The molecule has 0 aliphatic carbocycles. The summed E-state index contributed by atoms with van der Waals surface area (Å²) in [7, 11) is 1.79. The average Bonchev–Trinajstić information content (AvgIpc) is 2.92. The van der Waals surface area contributed by atoms with Crippen LogP contribution in [0.3, 0.4) is 0 Å². The number of carbonyl (C=O) groups is 3. The van der Waals surface area contributed by atoms with E-state index in [1.54, 1.807) is 16.8 Å². The minimum atomic E-state index is -1.16. The van der Waals surface area contributed by atoms with Crippen LogP contribution >= 0.6 is 0 Å². The summed E-state index contributed by atoms with van der Waals surface area (Å²) in [6.07, 6.45) is 1.03. The van der Waals surface area contributed by atoms with E-state index in [1.807, 2.05) is 30.3 Å². The lowest BCUT2D eigenvalue weighted by Gasteiger charge is -2.43. The zero-order valence-electron chi connectivity index (χ0n) is 15.3. The minimum absolute atomic E-state index is 0.0688. The Morgan fingerprint density at radius 1 is 1.26 bits per heavy atom. The maximum absolute atomic E-state index is 12.9. The Labute approximate surface area is 157 Å². The number of rotatable bonds is 4. The molecule has 0 aromatic heterocycles. The van der Waals surface area contributed by atoms with E-state index in [1.165, 1.54) is 0 Å². The van der Waals surface area contributed by atoms with E-state index in [2.05, 4.69) is 10.2 Å². The Bertz CT molecular complexity index is 718. The van der Waals surface area contributed by atoms with E-state index in [9.17, 15) is 14.4 Å². The Morgan fingerprint density at radius 3 is 2.48 bits per heavy atom. The molecule has 4 N–H and O–H groups in total. The van der Waals surface area contributed by atoms with Gasteiger partial charge < -0.3 is 30.9 Å². The van der Waals surface area contributed by atoms with E-state index in [-0.39, 0.29) is 18.5 Å². The van der Waals surface area contributed by atoms with Crippen molar-refractivity contribution in [3.8, 4) is 0 Å². The normalized spacial score (nSPS) is 20.1. The number of anilines is 1. The number of carbonyl (C=O) groups excluding carboxylic acids is 2. The van der Waals surface area contributed by atoms with Crippen LogP contribution in [0, 0.1) is 0 Å². The molecule has 0 saturated carbocycles. The molecule has 2 saturated heterocycles. The molecule has 0 radical (unpaired) electrons. The molecule has 2 heterocycles. The summed E-state index contributed by atoms with van der Waals surface area (Å²) < 4.78 is 0. The van der Waals surface area contributed by atoms with Gasteiger partial charge in [-0.1, -0.05) is 18.2 Å². The maximum atomic E-state index is 12.9. The Morgan fingerprint density at radius 2 is 1.89 bits per heavy atom. The number of urea groups is 1. The van der Waals surface area contributed by atoms with Crippen LogP contribution in [0.5, 0.6) is 0 Å². The summed E-state index contributed by atoms with van der Waals surface area (Å²) in [5, 5.41) is 11.3. The second-order valence-corrected chi connectivity index (χ2v) is 7.06. The summed E-state index contributed by atoms with van der Waals surface area (Å²) in [6.45, 7) is 1.21. The molecule has 1 spiro atoms. The predicted octanol–water partition coefficient (Wildman–Crippen LogP) is -0.121. The average molecular weight is 375 g/mol. The molecule has 2 aliphatic rings. The highest BCUT2D eigenvalue weighted by Gasteiger charge is 2.53. The summed E-state index contributed by atoms with van der Waals surface area (Å²) >= 11 is 0. The van der Waals surface area contributed by atoms with Crippen LogP contribution in [0.2, 0.25) is 0 Å². The van der Waals surface area contributed by atoms with Crippen molar-refractivity contribution in [3.63, 3.8) is 0 Å². The highest BCUT2D eigenvalue weighted by molar-refractivity contribution is 5.93. The number of nitrogens with two attached hydrogens (primary N) is 1. The van der Waals surface area contributed by atoms with Gasteiger partial charge in [0.1, 0.15) is 11.6 Å². The molecular weight excluding hydrogens is 350 g/mol. The number of likely N-dealkylation sites (N-methyl/N-ethyl adjacent to an activating group) is 1. The smallest absolute Gasteiger partial charge is 0.322 e. The largest absolute Gasteiger partial charge is 0.480 e.